The Morgan fingerprint density at radius 2 is 2.40 bits per heavy atom. The first-order chi connectivity index (χ1) is 7.22. The van der Waals surface area contributed by atoms with Gasteiger partial charge in [-0.3, -0.25) is 4.79 Å². The van der Waals surface area contributed by atoms with E-state index in [1.54, 1.807) is 6.92 Å². The molecule has 15 heavy (non-hydrogen) atoms. The summed E-state index contributed by atoms with van der Waals surface area (Å²) in [4.78, 5) is 13.4. The van der Waals surface area contributed by atoms with Gasteiger partial charge >= 0.3 is 0 Å². The maximum absolute atomic E-state index is 11.2. The molecule has 0 unspecified atom stereocenters. The zero-order valence-corrected chi connectivity index (χ0v) is 8.79. The van der Waals surface area contributed by atoms with Crippen LogP contribution in [0.5, 0.6) is 0 Å². The van der Waals surface area contributed by atoms with Gasteiger partial charge in [0.25, 0.3) is 0 Å². The molecule has 1 aliphatic heterocycles. The lowest BCUT2D eigenvalue weighted by atomic mass is 10.1. The van der Waals surface area contributed by atoms with E-state index in [1.165, 1.54) is 11.3 Å². The van der Waals surface area contributed by atoms with Crippen molar-refractivity contribution in [2.75, 3.05) is 18.0 Å². The summed E-state index contributed by atoms with van der Waals surface area (Å²) in [5, 5.41) is 0. The van der Waals surface area contributed by atoms with Crippen LogP contribution in [-0.2, 0) is 6.42 Å². The average molecular weight is 199 g/mol. The molecule has 0 radical (unpaired) electrons. The molecule has 1 aromatic rings. The summed E-state index contributed by atoms with van der Waals surface area (Å²) < 4.78 is 0. The third-order valence-corrected chi connectivity index (χ3v) is 2.76. The number of ketones is 1. The number of benzene rings is 1. The molecule has 2 rings (SSSR count). The number of nitrogens with zero attached hydrogens (tertiary/aromatic N) is 1. The minimum absolute atomic E-state index is 0.119. The summed E-state index contributed by atoms with van der Waals surface area (Å²) in [6.07, 6.45) is 6.28. The highest BCUT2D eigenvalue weighted by Gasteiger charge is 2.18. The molecule has 2 nitrogen and oxygen atoms in total. The van der Waals surface area contributed by atoms with Gasteiger partial charge in [0.2, 0.25) is 0 Å². The molecule has 0 atom stereocenters. The number of rotatable bonds is 2. The summed E-state index contributed by atoms with van der Waals surface area (Å²) in [6.45, 7) is 3.20. The topological polar surface area (TPSA) is 20.3 Å². The van der Waals surface area contributed by atoms with Crippen LogP contribution in [0.15, 0.2) is 18.2 Å². The van der Waals surface area contributed by atoms with Crippen LogP contribution < -0.4 is 4.90 Å². The number of hydrogen-bond donors (Lipinski definition) is 0. The van der Waals surface area contributed by atoms with E-state index in [9.17, 15) is 4.79 Å². The van der Waals surface area contributed by atoms with Crippen LogP contribution in [0.3, 0.4) is 0 Å². The highest BCUT2D eigenvalue weighted by Crippen LogP contribution is 2.28. The number of carbonyl (C=O) groups is 1. The Hall–Kier alpha value is -1.75. The number of Topliss-reactive ketones (excluding diaryl/α,β-unsaturated/α-hetero) is 1. The fraction of sp³-hybridized carbons (Fsp3) is 0.308. The molecule has 0 aliphatic carbocycles. The van der Waals surface area contributed by atoms with Crippen LogP contribution in [0.2, 0.25) is 0 Å². The Bertz CT molecular complexity index is 442. The second-order valence-electron chi connectivity index (χ2n) is 3.78. The Kier molecular flexibility index (Phi) is 2.47. The predicted molar refractivity (Wildman–Crippen MR) is 61.2 cm³/mol. The molecule has 0 fully saturated rings. The molecule has 0 amide bonds. The van der Waals surface area contributed by atoms with Gasteiger partial charge in [-0.15, -0.1) is 6.42 Å². The Morgan fingerprint density at radius 1 is 1.60 bits per heavy atom. The Morgan fingerprint density at radius 3 is 3.07 bits per heavy atom. The first-order valence-electron chi connectivity index (χ1n) is 5.04. The van der Waals surface area contributed by atoms with Crippen molar-refractivity contribution < 1.29 is 4.79 Å². The van der Waals surface area contributed by atoms with Crippen molar-refractivity contribution >= 4 is 11.5 Å². The monoisotopic (exact) mass is 199 g/mol. The number of hydrogen-bond acceptors (Lipinski definition) is 2. The fourth-order valence-corrected chi connectivity index (χ4v) is 1.96. The lowest BCUT2D eigenvalue weighted by Crippen LogP contribution is -2.20. The molecule has 1 aliphatic rings. The quantitative estimate of drug-likeness (QED) is 0.535. The van der Waals surface area contributed by atoms with E-state index in [2.05, 4.69) is 10.8 Å². The molecule has 2 heteroatoms. The van der Waals surface area contributed by atoms with E-state index in [1.807, 2.05) is 18.2 Å². The van der Waals surface area contributed by atoms with Gasteiger partial charge in [-0.05, 0) is 37.1 Å². The largest absolute Gasteiger partial charge is 0.360 e. The van der Waals surface area contributed by atoms with Crippen LogP contribution in [0, 0.1) is 12.3 Å². The second kappa shape index (κ2) is 3.78. The molecule has 1 heterocycles. The minimum Gasteiger partial charge on any atom is -0.360 e. The van der Waals surface area contributed by atoms with Gasteiger partial charge in [-0.2, -0.15) is 0 Å². The molecule has 0 saturated heterocycles. The van der Waals surface area contributed by atoms with E-state index in [4.69, 9.17) is 6.42 Å². The Labute approximate surface area is 89.9 Å². The van der Waals surface area contributed by atoms with Crippen LogP contribution >= 0.6 is 0 Å². The standard InChI is InChI=1S/C13H13NO/c1-3-7-14-8-6-12-9-11(10(2)15)4-5-13(12)14/h1,4-5,9H,6-8H2,2H3. The third-order valence-electron chi connectivity index (χ3n) is 2.76. The molecule has 0 saturated carbocycles. The van der Waals surface area contributed by atoms with Gasteiger partial charge in [0.15, 0.2) is 5.78 Å². The van der Waals surface area contributed by atoms with Crippen LogP contribution in [0.4, 0.5) is 5.69 Å². The molecule has 0 N–H and O–H groups in total. The molecule has 76 valence electrons. The molecule has 1 aromatic carbocycles. The zero-order chi connectivity index (χ0) is 10.8. The lowest BCUT2D eigenvalue weighted by Gasteiger charge is -2.15. The smallest absolute Gasteiger partial charge is 0.159 e. The van der Waals surface area contributed by atoms with E-state index in [-0.39, 0.29) is 5.78 Å². The maximum Gasteiger partial charge on any atom is 0.159 e. The molecule has 0 aromatic heterocycles. The fourth-order valence-electron chi connectivity index (χ4n) is 1.96. The first-order valence-corrected chi connectivity index (χ1v) is 5.04. The van der Waals surface area contributed by atoms with Gasteiger partial charge < -0.3 is 4.90 Å². The van der Waals surface area contributed by atoms with Crippen molar-refractivity contribution in [3.63, 3.8) is 0 Å². The highest BCUT2D eigenvalue weighted by atomic mass is 16.1. The van der Waals surface area contributed by atoms with Crippen LogP contribution in [0.25, 0.3) is 0 Å². The maximum atomic E-state index is 11.2. The van der Waals surface area contributed by atoms with Gasteiger partial charge in [-0.25, -0.2) is 0 Å². The summed E-state index contributed by atoms with van der Waals surface area (Å²) in [5.41, 5.74) is 3.20. The molecule has 0 spiro atoms. The van der Waals surface area contributed by atoms with Gasteiger partial charge in [0.1, 0.15) is 0 Å². The SMILES string of the molecule is C#CCN1CCc2cc(C(C)=O)ccc21. The van der Waals surface area contributed by atoms with E-state index >= 15 is 0 Å². The molecular formula is C13H13NO. The zero-order valence-electron chi connectivity index (χ0n) is 8.79. The average Bonchev–Trinajstić information content (AvgIpc) is 2.61. The van der Waals surface area contributed by atoms with Crippen molar-refractivity contribution in [3.05, 3.63) is 29.3 Å². The summed E-state index contributed by atoms with van der Waals surface area (Å²) >= 11 is 0. The van der Waals surface area contributed by atoms with Gasteiger partial charge in [0.05, 0.1) is 6.54 Å². The van der Waals surface area contributed by atoms with Gasteiger partial charge in [-0.1, -0.05) is 5.92 Å². The second-order valence-corrected chi connectivity index (χ2v) is 3.78. The van der Waals surface area contributed by atoms with Crippen LogP contribution in [-0.4, -0.2) is 18.9 Å². The minimum atomic E-state index is 0.119. The molecule has 0 bridgehead atoms. The van der Waals surface area contributed by atoms with Crippen molar-refractivity contribution in [1.29, 1.82) is 0 Å². The summed E-state index contributed by atoms with van der Waals surface area (Å²) in [5.74, 6) is 2.77. The summed E-state index contributed by atoms with van der Waals surface area (Å²) in [7, 11) is 0. The number of terminal acetylenes is 1. The predicted octanol–water partition coefficient (Wildman–Crippen LogP) is 1.88. The number of fused-ring (bicyclic) bond motifs is 1. The van der Waals surface area contributed by atoms with E-state index < -0.39 is 0 Å². The number of anilines is 1. The number of carbonyl (C=O) groups excluding carboxylic acids is 1. The van der Waals surface area contributed by atoms with E-state index in [0.29, 0.717) is 6.54 Å². The van der Waals surface area contributed by atoms with Crippen molar-refractivity contribution in [3.8, 4) is 12.3 Å². The van der Waals surface area contributed by atoms with Gasteiger partial charge in [0, 0.05) is 17.8 Å². The normalized spacial score (nSPS) is 13.5. The first kappa shape index (κ1) is 9.79. The Balaban J connectivity index is 2.34. The van der Waals surface area contributed by atoms with Crippen molar-refractivity contribution in [1.82, 2.24) is 0 Å². The lowest BCUT2D eigenvalue weighted by molar-refractivity contribution is 0.101. The van der Waals surface area contributed by atoms with Crippen molar-refractivity contribution in [2.45, 2.75) is 13.3 Å². The molecular weight excluding hydrogens is 186 g/mol. The summed E-state index contributed by atoms with van der Waals surface area (Å²) in [6, 6.07) is 5.85. The van der Waals surface area contributed by atoms with E-state index in [0.717, 1.165) is 18.5 Å². The highest BCUT2D eigenvalue weighted by molar-refractivity contribution is 5.94. The third kappa shape index (κ3) is 1.73. The van der Waals surface area contributed by atoms with Crippen LogP contribution in [0.1, 0.15) is 22.8 Å². The van der Waals surface area contributed by atoms with Crippen molar-refractivity contribution in [2.24, 2.45) is 0 Å².